The summed E-state index contributed by atoms with van der Waals surface area (Å²) in [6.07, 6.45) is 0. The van der Waals surface area contributed by atoms with Gasteiger partial charge in [-0.25, -0.2) is 0 Å². The topological polar surface area (TPSA) is 54.6 Å². The molecule has 1 amide bonds. The van der Waals surface area contributed by atoms with Crippen LogP contribution in [0.2, 0.25) is 0 Å². The molecule has 6 rings (SSSR count). The third kappa shape index (κ3) is 2.60. The second-order valence-corrected chi connectivity index (χ2v) is 8.34. The Morgan fingerprint density at radius 2 is 1.84 bits per heavy atom. The smallest absolute Gasteiger partial charge is 0.255 e. The third-order valence-electron chi connectivity index (χ3n) is 6.73. The predicted molar refractivity (Wildman–Crippen MR) is 124 cm³/mol. The molecular formula is C27H24N2O3. The number of nitrogens with one attached hydrogen (secondary N) is 1. The average molecular weight is 425 g/mol. The zero-order valence-corrected chi connectivity index (χ0v) is 18.1. The fourth-order valence-electron chi connectivity index (χ4n) is 5.38. The van der Waals surface area contributed by atoms with Crippen LogP contribution in [0.15, 0.2) is 66.7 Å². The maximum atomic E-state index is 13.4. The number of fused-ring (bicyclic) bond motifs is 7. The molecule has 0 spiro atoms. The normalized spacial score (nSPS) is 18.9. The summed E-state index contributed by atoms with van der Waals surface area (Å²) in [7, 11) is 1.66. The van der Waals surface area contributed by atoms with Gasteiger partial charge in [-0.05, 0) is 47.9 Å². The van der Waals surface area contributed by atoms with Gasteiger partial charge in [-0.3, -0.25) is 4.79 Å². The summed E-state index contributed by atoms with van der Waals surface area (Å²) in [5.74, 6) is 1.57. The van der Waals surface area contributed by atoms with Gasteiger partial charge < -0.3 is 19.4 Å². The maximum absolute atomic E-state index is 13.4. The molecule has 5 nitrogen and oxygen atoms in total. The molecule has 160 valence electrons. The van der Waals surface area contributed by atoms with Crippen molar-refractivity contribution in [2.75, 3.05) is 20.3 Å². The van der Waals surface area contributed by atoms with Crippen molar-refractivity contribution in [3.8, 4) is 11.5 Å². The molecule has 0 bridgehead atoms. The number of rotatable bonds is 4. The highest BCUT2D eigenvalue weighted by atomic mass is 16.5. The van der Waals surface area contributed by atoms with Crippen molar-refractivity contribution in [2.45, 2.75) is 18.9 Å². The van der Waals surface area contributed by atoms with Gasteiger partial charge in [-0.15, -0.1) is 0 Å². The van der Waals surface area contributed by atoms with Gasteiger partial charge in [0.2, 0.25) is 0 Å². The van der Waals surface area contributed by atoms with Crippen molar-refractivity contribution in [3.05, 3.63) is 94.7 Å². The average Bonchev–Trinajstić information content (AvgIpc) is 3.35. The van der Waals surface area contributed by atoms with Crippen LogP contribution >= 0.6 is 0 Å². The third-order valence-corrected chi connectivity index (χ3v) is 6.73. The minimum atomic E-state index is -0.0815. The second kappa shape index (κ2) is 7.16. The van der Waals surface area contributed by atoms with Gasteiger partial charge >= 0.3 is 0 Å². The van der Waals surface area contributed by atoms with Crippen LogP contribution in [0.5, 0.6) is 11.5 Å². The van der Waals surface area contributed by atoms with Crippen LogP contribution < -0.4 is 9.47 Å². The van der Waals surface area contributed by atoms with Gasteiger partial charge in [0.1, 0.15) is 0 Å². The van der Waals surface area contributed by atoms with Crippen LogP contribution in [-0.4, -0.2) is 36.1 Å². The molecule has 2 aliphatic heterocycles. The SMILES string of the molecule is CCOc1ccc([C@H]2CN3C(=O)c4ccccc4[C@H]3c3[nH]c4ccccc4c32)cc1OC. The van der Waals surface area contributed by atoms with Gasteiger partial charge in [-0.1, -0.05) is 42.5 Å². The van der Waals surface area contributed by atoms with Crippen molar-refractivity contribution < 1.29 is 14.3 Å². The first-order valence-corrected chi connectivity index (χ1v) is 11.0. The standard InChI is InChI=1S/C27H24N2O3/c1-3-32-22-13-12-16(14-23(22)31-2)20-15-29-26(17-8-4-5-9-18(17)27(29)30)25-24(20)19-10-6-7-11-21(19)28-25/h4-14,20,26,28H,3,15H2,1-2H3/t20-,26+/m1/s1. The summed E-state index contributed by atoms with van der Waals surface area (Å²) in [5, 5.41) is 1.21. The van der Waals surface area contributed by atoms with E-state index in [4.69, 9.17) is 9.47 Å². The molecule has 0 aliphatic carbocycles. The number of aromatic nitrogens is 1. The molecule has 32 heavy (non-hydrogen) atoms. The van der Waals surface area contributed by atoms with Crippen LogP contribution in [0.25, 0.3) is 10.9 Å². The highest BCUT2D eigenvalue weighted by Gasteiger charge is 2.45. The van der Waals surface area contributed by atoms with Crippen LogP contribution in [0, 0.1) is 0 Å². The van der Waals surface area contributed by atoms with E-state index in [2.05, 4.69) is 41.4 Å². The second-order valence-electron chi connectivity index (χ2n) is 8.34. The van der Waals surface area contributed by atoms with E-state index in [1.165, 1.54) is 10.9 Å². The van der Waals surface area contributed by atoms with Crippen LogP contribution in [0.4, 0.5) is 0 Å². The first-order valence-electron chi connectivity index (χ1n) is 11.0. The van der Waals surface area contributed by atoms with Gasteiger partial charge in [0.05, 0.1) is 19.8 Å². The highest BCUT2D eigenvalue weighted by Crippen LogP contribution is 2.50. The molecule has 2 atom stereocenters. The Bertz CT molecular complexity index is 1360. The van der Waals surface area contributed by atoms with E-state index in [9.17, 15) is 4.79 Å². The summed E-state index contributed by atoms with van der Waals surface area (Å²) in [4.78, 5) is 19.0. The van der Waals surface area contributed by atoms with Gasteiger partial charge in [0.25, 0.3) is 5.91 Å². The van der Waals surface area contributed by atoms with E-state index in [1.807, 2.05) is 42.2 Å². The number of carbonyl (C=O) groups excluding carboxylic acids is 1. The van der Waals surface area contributed by atoms with E-state index < -0.39 is 0 Å². The van der Waals surface area contributed by atoms with Crippen molar-refractivity contribution in [1.82, 2.24) is 9.88 Å². The Kier molecular flexibility index (Phi) is 4.25. The van der Waals surface area contributed by atoms with Crippen LogP contribution in [0.3, 0.4) is 0 Å². The number of benzene rings is 3. The maximum Gasteiger partial charge on any atom is 0.255 e. The van der Waals surface area contributed by atoms with E-state index in [0.717, 1.165) is 33.7 Å². The fraction of sp³-hybridized carbons (Fsp3) is 0.222. The molecule has 0 unspecified atom stereocenters. The van der Waals surface area contributed by atoms with Crippen LogP contribution in [-0.2, 0) is 0 Å². The summed E-state index contributed by atoms with van der Waals surface area (Å²) >= 11 is 0. The molecule has 1 N–H and O–H groups in total. The van der Waals surface area contributed by atoms with Gasteiger partial charge in [-0.2, -0.15) is 0 Å². The molecule has 5 heteroatoms. The van der Waals surface area contributed by atoms with E-state index in [1.54, 1.807) is 7.11 Å². The van der Waals surface area contributed by atoms with E-state index in [-0.39, 0.29) is 17.9 Å². The minimum absolute atomic E-state index is 0.0280. The number of hydrogen-bond donors (Lipinski definition) is 1. The van der Waals surface area contributed by atoms with Gasteiger partial charge in [0.15, 0.2) is 11.5 Å². The molecule has 0 fully saturated rings. The number of ether oxygens (including phenoxy) is 2. The number of carbonyl (C=O) groups is 1. The summed E-state index contributed by atoms with van der Waals surface area (Å²) in [6.45, 7) is 3.15. The summed E-state index contributed by atoms with van der Waals surface area (Å²) in [5.41, 5.74) is 6.45. The molecule has 0 radical (unpaired) electrons. The first-order chi connectivity index (χ1) is 15.7. The highest BCUT2D eigenvalue weighted by molar-refractivity contribution is 6.01. The number of hydrogen-bond acceptors (Lipinski definition) is 3. The lowest BCUT2D eigenvalue weighted by Gasteiger charge is -2.36. The number of nitrogens with zero attached hydrogens (tertiary/aromatic N) is 1. The molecule has 0 saturated carbocycles. The molecule has 3 aromatic carbocycles. The predicted octanol–water partition coefficient (Wildman–Crippen LogP) is 5.27. The largest absolute Gasteiger partial charge is 0.493 e. The number of amides is 1. The molecule has 1 aromatic heterocycles. The molecule has 2 aliphatic rings. The number of para-hydroxylation sites is 1. The first kappa shape index (κ1) is 19.0. The minimum Gasteiger partial charge on any atom is -0.493 e. The van der Waals surface area contributed by atoms with Gasteiger partial charge in [0, 0.05) is 34.6 Å². The lowest BCUT2D eigenvalue weighted by molar-refractivity contribution is 0.0727. The van der Waals surface area contributed by atoms with E-state index in [0.29, 0.717) is 18.9 Å². The molecule has 0 saturated heterocycles. The van der Waals surface area contributed by atoms with Crippen LogP contribution in [0.1, 0.15) is 51.6 Å². The Hall–Kier alpha value is -3.73. The Morgan fingerprint density at radius 3 is 2.69 bits per heavy atom. The summed E-state index contributed by atoms with van der Waals surface area (Å²) in [6, 6.07) is 22.4. The number of aromatic amines is 1. The van der Waals surface area contributed by atoms with Crippen molar-refractivity contribution in [3.63, 3.8) is 0 Å². The number of methoxy groups -OCH3 is 1. The zero-order chi connectivity index (χ0) is 21.8. The quantitative estimate of drug-likeness (QED) is 0.486. The fourth-order valence-corrected chi connectivity index (χ4v) is 5.38. The van der Waals surface area contributed by atoms with Crippen molar-refractivity contribution in [2.24, 2.45) is 0 Å². The molecule has 3 heterocycles. The Morgan fingerprint density at radius 1 is 1.03 bits per heavy atom. The van der Waals surface area contributed by atoms with Crippen molar-refractivity contribution >= 4 is 16.8 Å². The zero-order valence-electron chi connectivity index (χ0n) is 18.1. The van der Waals surface area contributed by atoms with Crippen molar-refractivity contribution in [1.29, 1.82) is 0 Å². The lowest BCUT2D eigenvalue weighted by Crippen LogP contribution is -2.37. The number of H-pyrrole nitrogens is 1. The van der Waals surface area contributed by atoms with E-state index >= 15 is 0 Å². The lowest BCUT2D eigenvalue weighted by atomic mass is 9.83. The Labute approximate surface area is 186 Å². The summed E-state index contributed by atoms with van der Waals surface area (Å²) < 4.78 is 11.4. The molecular weight excluding hydrogens is 400 g/mol. The monoisotopic (exact) mass is 424 g/mol. The molecule has 4 aromatic rings. The Balaban J connectivity index is 1.57.